The molecule has 0 aliphatic heterocycles. The Kier molecular flexibility index (Phi) is 5.79. The maximum atomic E-state index is 12.1. The Morgan fingerprint density at radius 1 is 1.50 bits per heavy atom. The molecule has 20 heavy (non-hydrogen) atoms. The Labute approximate surface area is 139 Å². The Bertz CT molecular complexity index is 603. The second kappa shape index (κ2) is 7.37. The number of anilines is 1. The molecule has 4 nitrogen and oxygen atoms in total. The Morgan fingerprint density at radius 3 is 3.00 bits per heavy atom. The third-order valence-corrected chi connectivity index (χ3v) is 5.45. The molecule has 0 spiro atoms. The third kappa shape index (κ3) is 4.42. The molecule has 1 atom stereocenters. The van der Waals surface area contributed by atoms with E-state index in [-0.39, 0.29) is 5.91 Å². The van der Waals surface area contributed by atoms with E-state index < -0.39 is 0 Å². The zero-order valence-corrected chi connectivity index (χ0v) is 14.9. The first kappa shape index (κ1) is 15.7. The number of carbonyl (C=O) groups excluding carboxylic acids is 1. The van der Waals surface area contributed by atoms with Crippen LogP contribution in [0.1, 0.15) is 30.6 Å². The molecule has 0 saturated heterocycles. The summed E-state index contributed by atoms with van der Waals surface area (Å²) >= 11 is 5.28. The highest BCUT2D eigenvalue weighted by atomic mass is 127. The van der Waals surface area contributed by atoms with E-state index in [0.717, 1.165) is 14.3 Å². The Balaban J connectivity index is 2.01. The highest BCUT2D eigenvalue weighted by Gasteiger charge is 2.12. The molecule has 0 bridgehead atoms. The molecule has 0 saturated carbocycles. The fourth-order valence-corrected chi connectivity index (χ4v) is 3.90. The molecule has 1 aromatic heterocycles. The van der Waals surface area contributed by atoms with Crippen molar-refractivity contribution in [2.24, 2.45) is 0 Å². The van der Waals surface area contributed by atoms with E-state index in [1.807, 2.05) is 18.2 Å². The van der Waals surface area contributed by atoms with E-state index in [0.29, 0.717) is 15.9 Å². The fraction of sp³-hybridized carbons (Fsp3) is 0.308. The zero-order valence-electron chi connectivity index (χ0n) is 11.1. The number of hydrogen-bond donors (Lipinski definition) is 1. The molecular formula is C13H14IN3OS2. The van der Waals surface area contributed by atoms with Crippen LogP contribution in [-0.2, 0) is 0 Å². The van der Waals surface area contributed by atoms with Gasteiger partial charge in [0.25, 0.3) is 5.91 Å². The van der Waals surface area contributed by atoms with Crippen LogP contribution in [0.2, 0.25) is 0 Å². The lowest BCUT2D eigenvalue weighted by molar-refractivity contribution is 0.102. The number of aromatic nitrogens is 2. The van der Waals surface area contributed by atoms with Gasteiger partial charge >= 0.3 is 0 Å². The molecule has 7 heteroatoms. The number of halogens is 1. The highest BCUT2D eigenvalue weighted by Crippen LogP contribution is 2.30. The summed E-state index contributed by atoms with van der Waals surface area (Å²) in [5.41, 5.74) is 0.628. The summed E-state index contributed by atoms with van der Waals surface area (Å²) in [6, 6.07) is 7.43. The summed E-state index contributed by atoms with van der Waals surface area (Å²) in [7, 11) is 0. The summed E-state index contributed by atoms with van der Waals surface area (Å²) in [6.45, 7) is 4.29. The predicted molar refractivity (Wildman–Crippen MR) is 92.6 cm³/mol. The quantitative estimate of drug-likeness (QED) is 0.447. The first-order valence-electron chi connectivity index (χ1n) is 6.15. The van der Waals surface area contributed by atoms with Crippen molar-refractivity contribution in [3.63, 3.8) is 0 Å². The van der Waals surface area contributed by atoms with Crippen LogP contribution < -0.4 is 5.32 Å². The summed E-state index contributed by atoms with van der Waals surface area (Å²) in [5.74, 6) is -0.153. The summed E-state index contributed by atoms with van der Waals surface area (Å²) in [6.07, 6.45) is 1.08. The van der Waals surface area contributed by atoms with E-state index in [1.165, 1.54) is 11.3 Å². The second-order valence-electron chi connectivity index (χ2n) is 4.17. The van der Waals surface area contributed by atoms with E-state index in [1.54, 1.807) is 17.8 Å². The molecular weight excluding hydrogens is 405 g/mol. The van der Waals surface area contributed by atoms with Crippen LogP contribution in [0.5, 0.6) is 0 Å². The fourth-order valence-electron chi connectivity index (χ4n) is 1.36. The van der Waals surface area contributed by atoms with Gasteiger partial charge in [-0.25, -0.2) is 0 Å². The normalized spacial score (nSPS) is 12.2. The van der Waals surface area contributed by atoms with Crippen LogP contribution in [0.4, 0.5) is 5.13 Å². The molecule has 1 N–H and O–H groups in total. The second-order valence-corrected chi connectivity index (χ2v) is 8.08. The average Bonchev–Trinajstić information content (AvgIpc) is 2.85. The lowest BCUT2D eigenvalue weighted by Crippen LogP contribution is -2.11. The molecule has 0 aliphatic carbocycles. The monoisotopic (exact) mass is 419 g/mol. The number of benzene rings is 1. The van der Waals surface area contributed by atoms with E-state index in [9.17, 15) is 4.79 Å². The SMILES string of the molecule is CCC(C)Sc1nnc(NC(=O)c2cccc(I)c2)s1. The number of nitrogens with one attached hydrogen (secondary N) is 1. The summed E-state index contributed by atoms with van der Waals surface area (Å²) in [4.78, 5) is 12.1. The molecule has 0 aliphatic rings. The van der Waals surface area contributed by atoms with E-state index in [2.05, 4.69) is 52.0 Å². The molecule has 1 amide bonds. The molecule has 2 aromatic rings. The van der Waals surface area contributed by atoms with Gasteiger partial charge in [0.15, 0.2) is 4.34 Å². The van der Waals surface area contributed by atoms with Crippen LogP contribution in [0.15, 0.2) is 28.6 Å². The summed E-state index contributed by atoms with van der Waals surface area (Å²) in [5, 5.41) is 11.9. The van der Waals surface area contributed by atoms with E-state index in [4.69, 9.17) is 0 Å². The van der Waals surface area contributed by atoms with Crippen molar-refractivity contribution < 1.29 is 4.79 Å². The smallest absolute Gasteiger partial charge is 0.257 e. The standard InChI is InChI=1S/C13H14IN3OS2/c1-3-8(2)19-13-17-16-12(20-13)15-11(18)9-5-4-6-10(14)7-9/h4-8H,3H2,1-2H3,(H,15,16,18). The molecule has 1 heterocycles. The van der Waals surface area contributed by atoms with Crippen LogP contribution in [0.3, 0.4) is 0 Å². The van der Waals surface area contributed by atoms with Crippen LogP contribution >= 0.6 is 45.7 Å². The minimum atomic E-state index is -0.153. The van der Waals surface area contributed by atoms with Crippen molar-refractivity contribution in [2.45, 2.75) is 29.9 Å². The van der Waals surface area contributed by atoms with Gasteiger partial charge in [-0.3, -0.25) is 10.1 Å². The molecule has 1 aromatic carbocycles. The van der Waals surface area contributed by atoms with Gasteiger partial charge in [-0.05, 0) is 47.2 Å². The number of rotatable bonds is 5. The van der Waals surface area contributed by atoms with Crippen LogP contribution in [0, 0.1) is 3.57 Å². The van der Waals surface area contributed by atoms with Crippen molar-refractivity contribution >= 4 is 56.7 Å². The maximum absolute atomic E-state index is 12.1. The largest absolute Gasteiger partial charge is 0.296 e. The molecule has 2 rings (SSSR count). The van der Waals surface area contributed by atoms with Gasteiger partial charge in [-0.15, -0.1) is 10.2 Å². The van der Waals surface area contributed by atoms with Crippen LogP contribution in [0.25, 0.3) is 0 Å². The average molecular weight is 419 g/mol. The molecule has 0 fully saturated rings. The molecule has 1 unspecified atom stereocenters. The predicted octanol–water partition coefficient (Wildman–Crippen LogP) is 4.29. The van der Waals surface area contributed by atoms with Crippen molar-refractivity contribution in [3.8, 4) is 0 Å². The van der Waals surface area contributed by atoms with Crippen molar-refractivity contribution in [1.82, 2.24) is 10.2 Å². The number of amides is 1. The van der Waals surface area contributed by atoms with Gasteiger partial charge in [0.2, 0.25) is 5.13 Å². The van der Waals surface area contributed by atoms with Crippen molar-refractivity contribution in [2.75, 3.05) is 5.32 Å². The minimum absolute atomic E-state index is 0.153. The zero-order chi connectivity index (χ0) is 14.5. The van der Waals surface area contributed by atoms with Gasteiger partial charge in [0.05, 0.1) is 0 Å². The lowest BCUT2D eigenvalue weighted by atomic mass is 10.2. The number of nitrogens with zero attached hydrogens (tertiary/aromatic N) is 2. The number of carbonyl (C=O) groups is 1. The Morgan fingerprint density at radius 2 is 2.30 bits per heavy atom. The third-order valence-electron chi connectivity index (χ3n) is 2.59. The first-order chi connectivity index (χ1) is 9.58. The first-order valence-corrected chi connectivity index (χ1v) is 8.93. The minimum Gasteiger partial charge on any atom is -0.296 e. The summed E-state index contributed by atoms with van der Waals surface area (Å²) < 4.78 is 1.91. The maximum Gasteiger partial charge on any atom is 0.257 e. The number of thioether (sulfide) groups is 1. The Hall–Kier alpha value is -0.670. The van der Waals surface area contributed by atoms with Gasteiger partial charge in [-0.2, -0.15) is 0 Å². The van der Waals surface area contributed by atoms with Gasteiger partial charge in [0, 0.05) is 14.4 Å². The lowest BCUT2D eigenvalue weighted by Gasteiger charge is -2.03. The van der Waals surface area contributed by atoms with Crippen molar-refractivity contribution in [1.29, 1.82) is 0 Å². The van der Waals surface area contributed by atoms with Crippen LogP contribution in [-0.4, -0.2) is 21.4 Å². The number of hydrogen-bond acceptors (Lipinski definition) is 5. The van der Waals surface area contributed by atoms with Gasteiger partial charge < -0.3 is 0 Å². The van der Waals surface area contributed by atoms with Gasteiger partial charge in [-0.1, -0.05) is 43.0 Å². The van der Waals surface area contributed by atoms with Crippen molar-refractivity contribution in [3.05, 3.63) is 33.4 Å². The highest BCUT2D eigenvalue weighted by molar-refractivity contribution is 14.1. The topological polar surface area (TPSA) is 54.9 Å². The molecule has 106 valence electrons. The van der Waals surface area contributed by atoms with E-state index >= 15 is 0 Å². The molecule has 0 radical (unpaired) electrons. The van der Waals surface area contributed by atoms with Gasteiger partial charge in [0.1, 0.15) is 0 Å².